The van der Waals surface area contributed by atoms with E-state index in [0.717, 1.165) is 0 Å². The lowest BCUT2D eigenvalue weighted by Gasteiger charge is -2.06. The highest BCUT2D eigenvalue weighted by molar-refractivity contribution is 6.37. The zero-order valence-corrected chi connectivity index (χ0v) is 7.40. The van der Waals surface area contributed by atoms with E-state index in [1.54, 1.807) is 6.92 Å². The lowest BCUT2D eigenvalue weighted by molar-refractivity contribution is -0.135. The lowest BCUT2D eigenvalue weighted by Crippen LogP contribution is -2.28. The maximum absolute atomic E-state index is 11.0. The van der Waals surface area contributed by atoms with Crippen LogP contribution in [0.5, 0.6) is 0 Å². The number of hydrogen-bond donors (Lipinski definition) is 1. The number of aliphatic hydroxyl groups excluding tert-OH is 1. The van der Waals surface area contributed by atoms with Crippen LogP contribution in [-0.4, -0.2) is 36.6 Å². The van der Waals surface area contributed by atoms with Crippen LogP contribution >= 0.6 is 0 Å². The molecule has 1 atom stereocenters. The molecule has 1 unspecified atom stereocenters. The van der Waals surface area contributed by atoms with Crippen molar-refractivity contribution in [3.63, 3.8) is 0 Å². The van der Waals surface area contributed by atoms with Crippen molar-refractivity contribution in [3.05, 3.63) is 0 Å². The van der Waals surface area contributed by atoms with Gasteiger partial charge in [0, 0.05) is 0 Å². The summed E-state index contributed by atoms with van der Waals surface area (Å²) in [5, 5.41) is 12.4. The topological polar surface area (TPSA) is 68.1 Å². The van der Waals surface area contributed by atoms with Gasteiger partial charge in [0.15, 0.2) is 5.71 Å². The van der Waals surface area contributed by atoms with Gasteiger partial charge in [-0.2, -0.15) is 0 Å². The molecular weight excluding hydrogens is 162 g/mol. The highest BCUT2D eigenvalue weighted by atomic mass is 16.6. The van der Waals surface area contributed by atoms with Gasteiger partial charge in [-0.05, 0) is 13.8 Å². The maximum atomic E-state index is 11.0. The first-order chi connectivity index (χ1) is 5.63. The van der Waals surface area contributed by atoms with Crippen molar-refractivity contribution >= 4 is 11.7 Å². The minimum atomic E-state index is -0.982. The van der Waals surface area contributed by atoms with Gasteiger partial charge in [0.1, 0.15) is 13.2 Å². The van der Waals surface area contributed by atoms with E-state index in [9.17, 15) is 4.79 Å². The van der Waals surface area contributed by atoms with Gasteiger partial charge in [0.25, 0.3) is 0 Å². The van der Waals surface area contributed by atoms with Crippen LogP contribution in [0.4, 0.5) is 0 Å². The zero-order chi connectivity index (χ0) is 9.56. The Hall–Kier alpha value is -1.10. The summed E-state index contributed by atoms with van der Waals surface area (Å²) in [6.07, 6.45) is -0.982. The van der Waals surface area contributed by atoms with Gasteiger partial charge in [0.05, 0.1) is 6.61 Å². The van der Waals surface area contributed by atoms with Crippen LogP contribution in [0.2, 0.25) is 0 Å². The monoisotopic (exact) mass is 175 g/mol. The fraction of sp³-hybridized carbons (Fsp3) is 0.714. The molecule has 0 fully saturated rings. The van der Waals surface area contributed by atoms with Crippen LogP contribution in [-0.2, 0) is 14.4 Å². The molecule has 0 bridgehead atoms. The van der Waals surface area contributed by atoms with Crippen molar-refractivity contribution in [1.29, 1.82) is 0 Å². The Morgan fingerprint density at radius 2 is 2.25 bits per heavy atom. The summed E-state index contributed by atoms with van der Waals surface area (Å²) >= 11 is 0. The number of esters is 1. The fourth-order valence-corrected chi connectivity index (χ4v) is 0.587. The third-order valence-corrected chi connectivity index (χ3v) is 1.07. The van der Waals surface area contributed by atoms with Crippen molar-refractivity contribution in [2.45, 2.75) is 20.0 Å². The average molecular weight is 175 g/mol. The third-order valence-electron chi connectivity index (χ3n) is 1.07. The van der Waals surface area contributed by atoms with E-state index in [2.05, 4.69) is 14.7 Å². The van der Waals surface area contributed by atoms with Crippen molar-refractivity contribution in [2.75, 3.05) is 13.7 Å². The van der Waals surface area contributed by atoms with E-state index < -0.39 is 12.1 Å². The molecule has 0 aromatic carbocycles. The molecule has 0 heterocycles. The molecule has 70 valence electrons. The summed E-state index contributed by atoms with van der Waals surface area (Å²) < 4.78 is 4.61. The summed E-state index contributed by atoms with van der Waals surface area (Å²) in [5.41, 5.74) is -0.126. The second kappa shape index (κ2) is 5.54. The van der Waals surface area contributed by atoms with Gasteiger partial charge < -0.3 is 14.7 Å². The number of carbonyl (C=O) groups is 1. The van der Waals surface area contributed by atoms with Crippen LogP contribution in [0.3, 0.4) is 0 Å². The summed E-state index contributed by atoms with van der Waals surface area (Å²) in [6.45, 7) is 3.33. The van der Waals surface area contributed by atoms with Crippen molar-refractivity contribution in [2.24, 2.45) is 5.16 Å². The van der Waals surface area contributed by atoms with E-state index in [0.29, 0.717) is 0 Å². The molecule has 0 saturated heterocycles. The molecule has 0 amide bonds. The van der Waals surface area contributed by atoms with E-state index in [4.69, 9.17) is 5.11 Å². The predicted molar refractivity (Wildman–Crippen MR) is 42.8 cm³/mol. The molecule has 1 N–H and O–H groups in total. The van der Waals surface area contributed by atoms with Gasteiger partial charge in [0.2, 0.25) is 0 Å². The van der Waals surface area contributed by atoms with Gasteiger partial charge in [-0.1, -0.05) is 5.16 Å². The van der Waals surface area contributed by atoms with Gasteiger partial charge >= 0.3 is 5.97 Å². The Morgan fingerprint density at radius 3 is 2.58 bits per heavy atom. The number of oxime groups is 1. The predicted octanol–water partition coefficient (Wildman–Crippen LogP) is -0.0673. The van der Waals surface area contributed by atoms with E-state index >= 15 is 0 Å². The summed E-state index contributed by atoms with van der Waals surface area (Å²) in [4.78, 5) is 15.3. The highest BCUT2D eigenvalue weighted by Crippen LogP contribution is 1.92. The summed E-state index contributed by atoms with van der Waals surface area (Å²) in [6, 6.07) is 0. The second-order valence-corrected chi connectivity index (χ2v) is 2.06. The zero-order valence-electron chi connectivity index (χ0n) is 7.40. The van der Waals surface area contributed by atoms with Gasteiger partial charge in [-0.3, -0.25) is 0 Å². The number of carbonyl (C=O) groups excluding carboxylic acids is 1. The normalized spacial score (nSPS) is 13.8. The Labute approximate surface area is 71.0 Å². The Morgan fingerprint density at radius 1 is 1.67 bits per heavy atom. The van der Waals surface area contributed by atoms with Crippen LogP contribution in [0.1, 0.15) is 13.8 Å². The van der Waals surface area contributed by atoms with Crippen LogP contribution in [0, 0.1) is 0 Å². The summed E-state index contributed by atoms with van der Waals surface area (Å²) in [7, 11) is 1.29. The van der Waals surface area contributed by atoms with Crippen LogP contribution in [0.15, 0.2) is 5.16 Å². The SMILES string of the molecule is CCOC(=O)/C(=N\OC)C(C)O. The minimum Gasteiger partial charge on any atom is -0.461 e. The van der Waals surface area contributed by atoms with E-state index in [-0.39, 0.29) is 12.3 Å². The molecule has 0 radical (unpaired) electrons. The van der Waals surface area contributed by atoms with Crippen molar-refractivity contribution < 1.29 is 19.5 Å². The largest absolute Gasteiger partial charge is 0.461 e. The van der Waals surface area contributed by atoms with Gasteiger partial charge in [-0.15, -0.1) is 0 Å². The second-order valence-electron chi connectivity index (χ2n) is 2.06. The quantitative estimate of drug-likeness (QED) is 0.369. The molecule has 12 heavy (non-hydrogen) atoms. The highest BCUT2D eigenvalue weighted by Gasteiger charge is 2.18. The van der Waals surface area contributed by atoms with Crippen molar-refractivity contribution in [1.82, 2.24) is 0 Å². The Bertz CT molecular complexity index is 176. The summed E-state index contributed by atoms with van der Waals surface area (Å²) in [5.74, 6) is -0.658. The average Bonchev–Trinajstić information content (AvgIpc) is 1.99. The third kappa shape index (κ3) is 3.34. The Balaban J connectivity index is 4.30. The lowest BCUT2D eigenvalue weighted by atomic mass is 10.2. The Kier molecular flexibility index (Phi) is 5.03. The van der Waals surface area contributed by atoms with Gasteiger partial charge in [-0.25, -0.2) is 4.79 Å². The first-order valence-corrected chi connectivity index (χ1v) is 3.59. The van der Waals surface area contributed by atoms with Crippen molar-refractivity contribution in [3.8, 4) is 0 Å². The molecule has 0 spiro atoms. The number of aliphatic hydroxyl groups is 1. The molecule has 0 saturated carbocycles. The molecule has 5 heteroatoms. The molecular formula is C7H13NO4. The molecule has 0 aromatic heterocycles. The van der Waals surface area contributed by atoms with E-state index in [1.807, 2.05) is 0 Å². The molecule has 5 nitrogen and oxygen atoms in total. The molecule has 0 aromatic rings. The number of rotatable bonds is 4. The molecule has 0 aliphatic heterocycles. The number of nitrogens with zero attached hydrogens (tertiary/aromatic N) is 1. The number of hydrogen-bond acceptors (Lipinski definition) is 5. The van der Waals surface area contributed by atoms with Crippen LogP contribution in [0.25, 0.3) is 0 Å². The standard InChI is InChI=1S/C7H13NO4/c1-4-12-7(10)6(5(2)9)8-11-3/h5,9H,4H2,1-3H3/b8-6-. The minimum absolute atomic E-state index is 0.126. The first-order valence-electron chi connectivity index (χ1n) is 3.59. The molecule has 0 aliphatic carbocycles. The number of ether oxygens (including phenoxy) is 1. The smallest absolute Gasteiger partial charge is 0.358 e. The van der Waals surface area contributed by atoms with Crippen LogP contribution < -0.4 is 0 Å². The molecule has 0 rings (SSSR count). The molecule has 0 aliphatic rings. The maximum Gasteiger partial charge on any atom is 0.358 e. The first kappa shape index (κ1) is 10.9. The fourth-order valence-electron chi connectivity index (χ4n) is 0.587. The van der Waals surface area contributed by atoms with E-state index in [1.165, 1.54) is 14.0 Å².